The number of anilines is 2. The third kappa shape index (κ3) is 7.70. The molecule has 0 fully saturated rings. The van der Waals surface area contributed by atoms with Gasteiger partial charge in [-0.2, -0.15) is 0 Å². The first kappa shape index (κ1) is 28.4. The van der Waals surface area contributed by atoms with Gasteiger partial charge in [0.25, 0.3) is 5.91 Å². The molecule has 0 aromatic heterocycles. The van der Waals surface area contributed by atoms with E-state index in [1.807, 2.05) is 67.6 Å². The second kappa shape index (κ2) is 12.9. The fourth-order valence-corrected chi connectivity index (χ4v) is 4.92. The number of para-hydroxylation sites is 1. The molecule has 206 valence electrons. The number of carbonyl (C=O) groups is 2. The highest BCUT2D eigenvalue weighted by Crippen LogP contribution is 2.23. The van der Waals surface area contributed by atoms with E-state index in [2.05, 4.69) is 10.6 Å². The summed E-state index contributed by atoms with van der Waals surface area (Å²) in [5.41, 5.74) is 2.81. The minimum Gasteiger partial charge on any atom is -0.489 e. The predicted molar refractivity (Wildman–Crippen MR) is 157 cm³/mol. The highest BCUT2D eigenvalue weighted by molar-refractivity contribution is 7.92. The summed E-state index contributed by atoms with van der Waals surface area (Å²) in [7, 11) is -3.79. The van der Waals surface area contributed by atoms with Crippen LogP contribution in [0.5, 0.6) is 5.75 Å². The Morgan fingerprint density at radius 1 is 0.825 bits per heavy atom. The maximum atomic E-state index is 13.0. The van der Waals surface area contributed by atoms with Gasteiger partial charge in [-0.15, -0.1) is 0 Å². The van der Waals surface area contributed by atoms with Crippen LogP contribution in [-0.4, -0.2) is 33.0 Å². The molecule has 4 aromatic carbocycles. The molecule has 0 spiro atoms. The van der Waals surface area contributed by atoms with Gasteiger partial charge in [-0.25, -0.2) is 8.42 Å². The van der Waals surface area contributed by atoms with Crippen LogP contribution in [0.4, 0.5) is 11.4 Å². The number of nitrogens with zero attached hydrogens (tertiary/aromatic N) is 1. The van der Waals surface area contributed by atoms with Crippen molar-refractivity contribution in [2.75, 3.05) is 22.4 Å². The van der Waals surface area contributed by atoms with Gasteiger partial charge in [-0.3, -0.25) is 13.9 Å². The number of ether oxygens (including phenoxy) is 1. The van der Waals surface area contributed by atoms with Crippen LogP contribution in [0.3, 0.4) is 0 Å². The topological polar surface area (TPSA) is 105 Å². The SMILES string of the molecule is C[C@@H](NC(=O)c1ccccc1NC(=O)CN(c1ccc(OCc2ccccc2)cc1)S(C)(=O)=O)c1ccccc1. The lowest BCUT2D eigenvalue weighted by Gasteiger charge is -2.22. The van der Waals surface area contributed by atoms with Crippen LogP contribution in [0.2, 0.25) is 0 Å². The molecule has 8 nitrogen and oxygen atoms in total. The van der Waals surface area contributed by atoms with Gasteiger partial charge >= 0.3 is 0 Å². The van der Waals surface area contributed by atoms with Crippen molar-refractivity contribution in [1.29, 1.82) is 0 Å². The molecule has 2 N–H and O–H groups in total. The first-order valence-corrected chi connectivity index (χ1v) is 14.5. The van der Waals surface area contributed by atoms with Gasteiger partial charge in [-0.1, -0.05) is 72.8 Å². The van der Waals surface area contributed by atoms with E-state index >= 15 is 0 Å². The zero-order chi connectivity index (χ0) is 28.5. The van der Waals surface area contributed by atoms with Gasteiger partial charge in [-0.05, 0) is 54.4 Å². The quantitative estimate of drug-likeness (QED) is 0.265. The second-order valence-corrected chi connectivity index (χ2v) is 11.1. The van der Waals surface area contributed by atoms with Crippen molar-refractivity contribution < 1.29 is 22.7 Å². The second-order valence-electron chi connectivity index (χ2n) is 9.24. The summed E-state index contributed by atoms with van der Waals surface area (Å²) in [6.45, 7) is 1.77. The molecule has 40 heavy (non-hydrogen) atoms. The van der Waals surface area contributed by atoms with Crippen LogP contribution in [0.15, 0.2) is 109 Å². The van der Waals surface area contributed by atoms with E-state index in [-0.39, 0.29) is 23.2 Å². The van der Waals surface area contributed by atoms with E-state index in [1.165, 1.54) is 0 Å². The molecule has 2 amide bonds. The van der Waals surface area contributed by atoms with E-state index in [9.17, 15) is 18.0 Å². The predicted octanol–water partition coefficient (Wildman–Crippen LogP) is 5.16. The van der Waals surface area contributed by atoms with Crippen LogP contribution >= 0.6 is 0 Å². The molecule has 0 saturated heterocycles. The Kier molecular flexibility index (Phi) is 9.19. The van der Waals surface area contributed by atoms with E-state index in [0.29, 0.717) is 18.0 Å². The first-order valence-electron chi connectivity index (χ1n) is 12.7. The summed E-state index contributed by atoms with van der Waals surface area (Å²) in [5.74, 6) is -0.389. The van der Waals surface area contributed by atoms with Crippen LogP contribution in [0, 0.1) is 0 Å². The zero-order valence-corrected chi connectivity index (χ0v) is 23.1. The van der Waals surface area contributed by atoms with Crippen molar-refractivity contribution in [3.05, 3.63) is 126 Å². The molecular formula is C31H31N3O5S. The normalized spacial score (nSPS) is 11.8. The Hall–Kier alpha value is -4.63. The van der Waals surface area contributed by atoms with E-state index in [1.54, 1.807) is 48.5 Å². The largest absolute Gasteiger partial charge is 0.489 e. The molecule has 1 atom stereocenters. The van der Waals surface area contributed by atoms with E-state index < -0.39 is 22.5 Å². The van der Waals surface area contributed by atoms with E-state index in [0.717, 1.165) is 21.7 Å². The summed E-state index contributed by atoms with van der Waals surface area (Å²) in [6.07, 6.45) is 1.03. The van der Waals surface area contributed by atoms with Gasteiger partial charge in [0.2, 0.25) is 15.9 Å². The summed E-state index contributed by atoms with van der Waals surface area (Å²) in [4.78, 5) is 26.0. The molecule has 0 bridgehead atoms. The molecule has 4 aromatic rings. The molecule has 0 aliphatic carbocycles. The minimum absolute atomic E-state index is 0.252. The van der Waals surface area contributed by atoms with Crippen molar-refractivity contribution in [1.82, 2.24) is 5.32 Å². The number of carbonyl (C=O) groups excluding carboxylic acids is 2. The highest BCUT2D eigenvalue weighted by atomic mass is 32.2. The highest BCUT2D eigenvalue weighted by Gasteiger charge is 2.22. The number of rotatable bonds is 11. The van der Waals surface area contributed by atoms with Crippen molar-refractivity contribution >= 4 is 33.2 Å². The van der Waals surface area contributed by atoms with Gasteiger partial charge < -0.3 is 15.4 Å². The number of sulfonamides is 1. The zero-order valence-electron chi connectivity index (χ0n) is 22.3. The average Bonchev–Trinajstić information content (AvgIpc) is 2.96. The molecule has 0 saturated carbocycles. The number of hydrogen-bond donors (Lipinski definition) is 2. The third-order valence-corrected chi connectivity index (χ3v) is 7.29. The lowest BCUT2D eigenvalue weighted by Crippen LogP contribution is -2.37. The van der Waals surface area contributed by atoms with Crippen LogP contribution in [-0.2, 0) is 21.4 Å². The van der Waals surface area contributed by atoms with Gasteiger partial charge in [0.1, 0.15) is 18.9 Å². The molecule has 9 heteroatoms. The van der Waals surface area contributed by atoms with Crippen molar-refractivity contribution in [2.45, 2.75) is 19.6 Å². The first-order chi connectivity index (χ1) is 19.2. The summed E-state index contributed by atoms with van der Waals surface area (Å²) >= 11 is 0. The smallest absolute Gasteiger partial charge is 0.253 e. The van der Waals surface area contributed by atoms with E-state index in [4.69, 9.17) is 4.74 Å². The van der Waals surface area contributed by atoms with Gasteiger partial charge in [0, 0.05) is 0 Å². The Morgan fingerprint density at radius 2 is 1.43 bits per heavy atom. The monoisotopic (exact) mass is 557 g/mol. The third-order valence-electron chi connectivity index (χ3n) is 6.15. The average molecular weight is 558 g/mol. The standard InChI is InChI=1S/C31H31N3O5S/c1-23(25-13-7-4-8-14-25)32-31(36)28-15-9-10-16-29(28)33-30(35)21-34(40(2,37)38)26-17-19-27(20-18-26)39-22-24-11-5-3-6-12-24/h3-20,23H,21-22H2,1-2H3,(H,32,36)(H,33,35)/t23-/m1/s1. The van der Waals surface area contributed by atoms with Gasteiger partial charge in [0.05, 0.1) is 29.2 Å². The molecular weight excluding hydrogens is 526 g/mol. The molecule has 0 unspecified atom stereocenters. The number of hydrogen-bond acceptors (Lipinski definition) is 5. The Morgan fingerprint density at radius 3 is 2.08 bits per heavy atom. The molecule has 0 heterocycles. The lowest BCUT2D eigenvalue weighted by atomic mass is 10.1. The molecule has 0 aliphatic heterocycles. The minimum atomic E-state index is -3.79. The molecule has 4 rings (SSSR count). The Bertz CT molecular complexity index is 1540. The summed E-state index contributed by atoms with van der Waals surface area (Å²) < 4.78 is 32.0. The molecule has 0 aliphatic rings. The maximum absolute atomic E-state index is 13.0. The van der Waals surface area contributed by atoms with Crippen molar-refractivity contribution in [2.24, 2.45) is 0 Å². The summed E-state index contributed by atoms with van der Waals surface area (Å²) in [5, 5.41) is 5.63. The Labute approximate surface area is 234 Å². The van der Waals surface area contributed by atoms with Crippen molar-refractivity contribution in [3.63, 3.8) is 0 Å². The number of benzene rings is 4. The maximum Gasteiger partial charge on any atom is 0.253 e. The Balaban J connectivity index is 1.43. The van der Waals surface area contributed by atoms with Crippen LogP contribution in [0.25, 0.3) is 0 Å². The van der Waals surface area contributed by atoms with Gasteiger partial charge in [0.15, 0.2) is 0 Å². The van der Waals surface area contributed by atoms with Crippen LogP contribution in [0.1, 0.15) is 34.5 Å². The fraction of sp³-hybridized carbons (Fsp3) is 0.161. The van der Waals surface area contributed by atoms with Crippen molar-refractivity contribution in [3.8, 4) is 5.75 Å². The lowest BCUT2D eigenvalue weighted by molar-refractivity contribution is -0.114. The number of amides is 2. The summed E-state index contributed by atoms with van der Waals surface area (Å²) in [6, 6.07) is 32.0. The fourth-order valence-electron chi connectivity index (χ4n) is 4.06. The van der Waals surface area contributed by atoms with Crippen LogP contribution < -0.4 is 19.7 Å². The number of nitrogens with one attached hydrogen (secondary N) is 2. The molecule has 0 radical (unpaired) electrons.